The normalized spacial score (nSPS) is 9.00. The summed E-state index contributed by atoms with van der Waals surface area (Å²) in [5.41, 5.74) is 0. The van der Waals surface area contributed by atoms with Crippen LogP contribution >= 0.6 is 0 Å². The number of rotatable bonds is 1. The minimum absolute atomic E-state index is 0. The van der Waals surface area contributed by atoms with E-state index in [9.17, 15) is 13.0 Å². The Morgan fingerprint density at radius 3 is 2.00 bits per heavy atom. The quantitative estimate of drug-likeness (QED) is 0.277. The van der Waals surface area contributed by atoms with E-state index in [0.29, 0.717) is 0 Å². The molecular weight excluding hydrogens is 141 g/mol. The number of nitriles is 1. The Morgan fingerprint density at radius 1 is 1.62 bits per heavy atom. The molecule has 4 nitrogen and oxygen atoms in total. The Hall–Kier alpha value is 0.400. The standard InChI is InChI=1S/C2H3NO3S.Na/c3-1-2-7(4,5)6;/h2H2,(H,4,5,6);/q;+1/p-1. The summed E-state index contributed by atoms with van der Waals surface area (Å²) in [6.07, 6.45) is 0. The van der Waals surface area contributed by atoms with Crippen molar-refractivity contribution < 1.29 is 42.5 Å². The van der Waals surface area contributed by atoms with Gasteiger partial charge >= 0.3 is 29.6 Å². The molecule has 0 aliphatic carbocycles. The first kappa shape index (κ1) is 11.2. The first-order valence-corrected chi connectivity index (χ1v) is 2.94. The molecule has 0 unspecified atom stereocenters. The summed E-state index contributed by atoms with van der Waals surface area (Å²) in [4.78, 5) is 0. The predicted octanol–water partition coefficient (Wildman–Crippen LogP) is -3.94. The van der Waals surface area contributed by atoms with Crippen LogP contribution in [0.4, 0.5) is 0 Å². The van der Waals surface area contributed by atoms with Crippen LogP contribution in [-0.2, 0) is 10.1 Å². The second-order valence-electron chi connectivity index (χ2n) is 0.860. The molecular formula is C2H2NNaO3S. The zero-order valence-corrected chi connectivity index (χ0v) is 7.10. The van der Waals surface area contributed by atoms with Crippen molar-refractivity contribution in [2.24, 2.45) is 0 Å². The maximum Gasteiger partial charge on any atom is 1.00 e. The van der Waals surface area contributed by atoms with Gasteiger partial charge in [0.2, 0.25) is 0 Å². The van der Waals surface area contributed by atoms with Gasteiger partial charge in [0.05, 0.1) is 6.07 Å². The summed E-state index contributed by atoms with van der Waals surface area (Å²) in [6, 6.07) is 1.21. The van der Waals surface area contributed by atoms with Gasteiger partial charge < -0.3 is 4.55 Å². The van der Waals surface area contributed by atoms with Gasteiger partial charge in [0.25, 0.3) is 0 Å². The zero-order valence-electron chi connectivity index (χ0n) is 4.29. The maximum absolute atomic E-state index is 9.45. The Balaban J connectivity index is 0. The minimum atomic E-state index is -4.29. The predicted molar refractivity (Wildman–Crippen MR) is 20.2 cm³/mol. The van der Waals surface area contributed by atoms with Crippen LogP contribution in [0.25, 0.3) is 0 Å². The van der Waals surface area contributed by atoms with Crippen molar-refractivity contribution in [1.82, 2.24) is 0 Å². The van der Waals surface area contributed by atoms with Gasteiger partial charge in [-0.1, -0.05) is 0 Å². The molecule has 0 fully saturated rings. The maximum atomic E-state index is 9.45. The summed E-state index contributed by atoms with van der Waals surface area (Å²) in [6.45, 7) is 0. The van der Waals surface area contributed by atoms with Crippen molar-refractivity contribution in [3.8, 4) is 6.07 Å². The first-order valence-electron chi connectivity index (χ1n) is 1.37. The second kappa shape index (κ2) is 4.30. The van der Waals surface area contributed by atoms with E-state index >= 15 is 0 Å². The van der Waals surface area contributed by atoms with Gasteiger partial charge in [-0.05, 0) is 0 Å². The molecule has 0 aromatic rings. The van der Waals surface area contributed by atoms with Crippen LogP contribution in [0.3, 0.4) is 0 Å². The van der Waals surface area contributed by atoms with Crippen molar-refractivity contribution in [3.63, 3.8) is 0 Å². The van der Waals surface area contributed by atoms with E-state index in [2.05, 4.69) is 0 Å². The van der Waals surface area contributed by atoms with E-state index in [-0.39, 0.29) is 29.6 Å². The second-order valence-corrected chi connectivity index (χ2v) is 2.26. The SMILES string of the molecule is N#CCS(=O)(=O)[O-].[Na+]. The van der Waals surface area contributed by atoms with Crippen molar-refractivity contribution in [2.45, 2.75) is 0 Å². The van der Waals surface area contributed by atoms with Gasteiger partial charge in [-0.3, -0.25) is 0 Å². The van der Waals surface area contributed by atoms with E-state index in [1.165, 1.54) is 6.07 Å². The van der Waals surface area contributed by atoms with Crippen LogP contribution in [0.1, 0.15) is 0 Å². The summed E-state index contributed by atoms with van der Waals surface area (Å²) < 4.78 is 28.4. The number of nitrogens with zero attached hydrogens (tertiary/aromatic N) is 1. The molecule has 0 saturated heterocycles. The molecule has 0 saturated carbocycles. The average molecular weight is 143 g/mol. The fourth-order valence-electron chi connectivity index (χ4n) is 0.0791. The summed E-state index contributed by atoms with van der Waals surface area (Å²) in [5, 5.41) is 7.57. The molecule has 0 aliphatic rings. The van der Waals surface area contributed by atoms with Crippen LogP contribution in [0.2, 0.25) is 0 Å². The third-order valence-electron chi connectivity index (χ3n) is 0.241. The molecule has 0 amide bonds. The Kier molecular flexibility index (Phi) is 6.03. The van der Waals surface area contributed by atoms with Crippen molar-refractivity contribution in [3.05, 3.63) is 0 Å². The molecule has 0 atom stereocenters. The van der Waals surface area contributed by atoms with Gasteiger partial charge in [0, 0.05) is 0 Å². The van der Waals surface area contributed by atoms with Gasteiger partial charge in [0.15, 0.2) is 0 Å². The Morgan fingerprint density at radius 2 is 2.00 bits per heavy atom. The monoisotopic (exact) mass is 143 g/mol. The molecule has 0 spiro atoms. The molecule has 0 N–H and O–H groups in total. The minimum Gasteiger partial charge on any atom is -0.747 e. The average Bonchev–Trinajstić information content (AvgIpc) is 1.30. The van der Waals surface area contributed by atoms with Gasteiger partial charge in [0.1, 0.15) is 15.9 Å². The molecule has 0 heterocycles. The fraction of sp³-hybridized carbons (Fsp3) is 0.500. The van der Waals surface area contributed by atoms with Crippen molar-refractivity contribution in [1.29, 1.82) is 5.26 Å². The molecule has 0 bridgehead atoms. The summed E-state index contributed by atoms with van der Waals surface area (Å²) in [7, 11) is -4.29. The number of hydrogen-bond acceptors (Lipinski definition) is 4. The van der Waals surface area contributed by atoms with Crippen LogP contribution in [0.5, 0.6) is 0 Å². The number of hydrogen-bond donors (Lipinski definition) is 0. The third-order valence-corrected chi connectivity index (χ3v) is 0.724. The molecule has 0 aromatic carbocycles. The smallest absolute Gasteiger partial charge is 0.747 e. The van der Waals surface area contributed by atoms with Crippen LogP contribution in [0.15, 0.2) is 0 Å². The van der Waals surface area contributed by atoms with Gasteiger partial charge in [-0.2, -0.15) is 5.26 Å². The third kappa shape index (κ3) is 9.64. The molecule has 0 aromatic heterocycles. The molecule has 6 heteroatoms. The zero-order chi connectivity index (χ0) is 5.91. The first-order chi connectivity index (χ1) is 3.06. The Labute approximate surface area is 69.5 Å². The van der Waals surface area contributed by atoms with E-state index < -0.39 is 15.9 Å². The van der Waals surface area contributed by atoms with Crippen LogP contribution in [-0.4, -0.2) is 18.7 Å². The summed E-state index contributed by atoms with van der Waals surface area (Å²) in [5.74, 6) is -0.938. The molecule has 0 aliphatic heterocycles. The van der Waals surface area contributed by atoms with E-state index in [4.69, 9.17) is 5.26 Å². The van der Waals surface area contributed by atoms with Crippen molar-refractivity contribution in [2.75, 3.05) is 5.75 Å². The van der Waals surface area contributed by atoms with E-state index in [0.717, 1.165) is 0 Å². The molecule has 0 rings (SSSR count). The summed E-state index contributed by atoms with van der Waals surface area (Å²) >= 11 is 0. The molecule has 40 valence electrons. The van der Waals surface area contributed by atoms with E-state index in [1.54, 1.807) is 0 Å². The fourth-order valence-corrected chi connectivity index (χ4v) is 0.237. The van der Waals surface area contributed by atoms with Gasteiger partial charge in [-0.25, -0.2) is 8.42 Å². The van der Waals surface area contributed by atoms with Gasteiger partial charge in [-0.15, -0.1) is 0 Å². The molecule has 0 radical (unpaired) electrons. The Bertz CT molecular complexity index is 178. The van der Waals surface area contributed by atoms with Crippen molar-refractivity contribution >= 4 is 10.1 Å². The molecule has 8 heavy (non-hydrogen) atoms. The largest absolute Gasteiger partial charge is 1.00 e. The van der Waals surface area contributed by atoms with Crippen LogP contribution in [0, 0.1) is 11.3 Å². The topological polar surface area (TPSA) is 81.0 Å². The van der Waals surface area contributed by atoms with E-state index in [1.807, 2.05) is 0 Å². The van der Waals surface area contributed by atoms with Crippen LogP contribution < -0.4 is 29.6 Å².